The van der Waals surface area contributed by atoms with E-state index in [1.807, 2.05) is 12.8 Å². The molecule has 0 saturated carbocycles. The number of hydrogen-bond donors (Lipinski definition) is 3. The van der Waals surface area contributed by atoms with Gasteiger partial charge >= 0.3 is 12.0 Å². The van der Waals surface area contributed by atoms with Crippen LogP contribution in [-0.4, -0.2) is 47.7 Å². The van der Waals surface area contributed by atoms with Gasteiger partial charge in [-0.05, 0) is 12.8 Å². The monoisotopic (exact) mass is 363 g/mol. The highest BCUT2D eigenvalue weighted by molar-refractivity contribution is 5.96. The molecule has 9 nitrogen and oxygen atoms in total. The summed E-state index contributed by atoms with van der Waals surface area (Å²) in [6.07, 6.45) is 4.98. The number of fused-ring (bicyclic) bond motifs is 1. The Balaban J connectivity index is 2.22. The molecule has 10 heteroatoms. The van der Waals surface area contributed by atoms with Crippen molar-refractivity contribution in [1.29, 1.82) is 0 Å². The fraction of sp³-hybridized carbons (Fsp3) is 0.438. The number of carboxylic acid groups (broad SMARTS) is 1. The number of aliphatic hydroxyl groups excluding tert-OH is 1. The summed E-state index contributed by atoms with van der Waals surface area (Å²) in [6, 6.07) is 0. The molecule has 2 aromatic heterocycles. The zero-order valence-electron chi connectivity index (χ0n) is 14.0. The van der Waals surface area contributed by atoms with E-state index >= 15 is 0 Å². The van der Waals surface area contributed by atoms with E-state index in [1.54, 1.807) is 0 Å². The number of terminal acetylenes is 1. The SMILES string of the molecule is C#C[C@@H](C(=O)O)[C@@H](O)CCn1cnc2c(NC(=O)CCC)nc(F)nc21. The van der Waals surface area contributed by atoms with Crippen LogP contribution >= 0.6 is 0 Å². The number of aromatic nitrogens is 4. The van der Waals surface area contributed by atoms with E-state index in [0.29, 0.717) is 6.42 Å². The molecule has 2 rings (SSSR count). The average Bonchev–Trinajstić information content (AvgIpc) is 2.96. The van der Waals surface area contributed by atoms with Crippen molar-refractivity contribution in [1.82, 2.24) is 19.5 Å². The van der Waals surface area contributed by atoms with E-state index in [9.17, 15) is 19.1 Å². The molecule has 0 unspecified atom stereocenters. The van der Waals surface area contributed by atoms with Gasteiger partial charge in [0.2, 0.25) is 5.91 Å². The number of aliphatic hydroxyl groups is 1. The van der Waals surface area contributed by atoms with Crippen LogP contribution in [-0.2, 0) is 16.1 Å². The minimum Gasteiger partial charge on any atom is -0.480 e. The Morgan fingerprint density at radius 2 is 2.19 bits per heavy atom. The Labute approximate surface area is 148 Å². The van der Waals surface area contributed by atoms with Crippen LogP contribution in [0.25, 0.3) is 11.2 Å². The van der Waals surface area contributed by atoms with Crippen molar-refractivity contribution in [2.24, 2.45) is 5.92 Å². The fourth-order valence-corrected chi connectivity index (χ4v) is 2.38. The summed E-state index contributed by atoms with van der Waals surface area (Å²) >= 11 is 0. The Hall–Kier alpha value is -3.06. The first-order valence-electron chi connectivity index (χ1n) is 7.92. The number of halogens is 1. The molecule has 0 aliphatic carbocycles. The van der Waals surface area contributed by atoms with Crippen molar-refractivity contribution in [3.05, 3.63) is 12.4 Å². The summed E-state index contributed by atoms with van der Waals surface area (Å²) in [5.41, 5.74) is 0.307. The maximum absolute atomic E-state index is 13.7. The van der Waals surface area contributed by atoms with Crippen LogP contribution in [0.2, 0.25) is 0 Å². The number of nitrogens with zero attached hydrogens (tertiary/aromatic N) is 4. The molecule has 26 heavy (non-hydrogen) atoms. The molecule has 0 bridgehead atoms. The van der Waals surface area contributed by atoms with Gasteiger partial charge in [-0.15, -0.1) is 6.42 Å². The number of aryl methyl sites for hydroxylation is 1. The standard InChI is InChI=1S/C16H18FN5O4/c1-3-5-11(24)19-13-12-14(21-16(17)20-13)22(8-18-12)7-6-10(23)9(4-2)15(25)26/h2,8-10,23H,3,5-7H2,1H3,(H,25,26)(H,19,20,21,24)/t9-,10+/m1/s1. The highest BCUT2D eigenvalue weighted by atomic mass is 19.1. The van der Waals surface area contributed by atoms with Gasteiger partial charge in [-0.2, -0.15) is 14.4 Å². The molecule has 1 amide bonds. The summed E-state index contributed by atoms with van der Waals surface area (Å²) < 4.78 is 15.1. The third kappa shape index (κ3) is 4.31. The van der Waals surface area contributed by atoms with Crippen LogP contribution in [0.5, 0.6) is 0 Å². The quantitative estimate of drug-likeness (QED) is 0.467. The molecule has 0 saturated heterocycles. The number of carbonyl (C=O) groups is 2. The molecule has 2 heterocycles. The summed E-state index contributed by atoms with van der Waals surface area (Å²) in [5, 5.41) is 21.3. The third-order valence-electron chi connectivity index (χ3n) is 3.67. The number of aliphatic carboxylic acids is 1. The van der Waals surface area contributed by atoms with Gasteiger partial charge in [0.05, 0.1) is 12.4 Å². The molecule has 0 fully saturated rings. The first kappa shape index (κ1) is 19.3. The molecule has 0 radical (unpaired) electrons. The first-order chi connectivity index (χ1) is 12.4. The maximum Gasteiger partial charge on any atom is 0.321 e. The fourth-order valence-electron chi connectivity index (χ4n) is 2.38. The van der Waals surface area contributed by atoms with Crippen molar-refractivity contribution >= 4 is 28.9 Å². The van der Waals surface area contributed by atoms with E-state index in [4.69, 9.17) is 11.5 Å². The molecule has 0 aliphatic heterocycles. The smallest absolute Gasteiger partial charge is 0.321 e. The van der Waals surface area contributed by atoms with Crippen molar-refractivity contribution in [2.45, 2.75) is 38.8 Å². The number of nitrogens with one attached hydrogen (secondary N) is 1. The maximum atomic E-state index is 13.7. The van der Waals surface area contributed by atoms with Gasteiger partial charge in [-0.1, -0.05) is 12.8 Å². The van der Waals surface area contributed by atoms with Crippen LogP contribution in [0.3, 0.4) is 0 Å². The molecule has 3 N–H and O–H groups in total. The van der Waals surface area contributed by atoms with E-state index in [0.717, 1.165) is 0 Å². The number of amides is 1. The van der Waals surface area contributed by atoms with Crippen molar-refractivity contribution < 1.29 is 24.2 Å². The second kappa shape index (κ2) is 8.35. The second-order valence-electron chi connectivity index (χ2n) is 5.59. The van der Waals surface area contributed by atoms with Crippen molar-refractivity contribution in [3.8, 4) is 12.3 Å². The number of anilines is 1. The zero-order chi connectivity index (χ0) is 19.3. The lowest BCUT2D eigenvalue weighted by molar-refractivity contribution is -0.143. The van der Waals surface area contributed by atoms with Gasteiger partial charge in [0, 0.05) is 13.0 Å². The van der Waals surface area contributed by atoms with Gasteiger partial charge in [-0.3, -0.25) is 9.59 Å². The van der Waals surface area contributed by atoms with Gasteiger partial charge in [0.1, 0.15) is 5.92 Å². The molecule has 2 atom stereocenters. The lowest BCUT2D eigenvalue weighted by atomic mass is 10.0. The summed E-state index contributed by atoms with van der Waals surface area (Å²) in [5.74, 6) is -1.00. The minimum absolute atomic E-state index is 0.00419. The lowest BCUT2D eigenvalue weighted by Gasteiger charge is -2.14. The number of hydrogen-bond acceptors (Lipinski definition) is 6. The van der Waals surface area contributed by atoms with E-state index in [-0.39, 0.29) is 42.3 Å². The van der Waals surface area contributed by atoms with Gasteiger partial charge in [0.25, 0.3) is 0 Å². The van der Waals surface area contributed by atoms with Crippen LogP contribution < -0.4 is 5.32 Å². The second-order valence-corrected chi connectivity index (χ2v) is 5.59. The van der Waals surface area contributed by atoms with Gasteiger partial charge < -0.3 is 20.1 Å². The molecule has 0 aromatic carbocycles. The highest BCUT2D eigenvalue weighted by Gasteiger charge is 2.24. The Morgan fingerprint density at radius 1 is 1.46 bits per heavy atom. The number of rotatable bonds is 8. The lowest BCUT2D eigenvalue weighted by Crippen LogP contribution is -2.27. The molecule has 0 spiro atoms. The molecular weight excluding hydrogens is 345 g/mol. The van der Waals surface area contributed by atoms with E-state index < -0.39 is 24.1 Å². The van der Waals surface area contributed by atoms with E-state index in [2.05, 4.69) is 20.3 Å². The summed E-state index contributed by atoms with van der Waals surface area (Å²) in [4.78, 5) is 34.0. The van der Waals surface area contributed by atoms with Crippen molar-refractivity contribution in [2.75, 3.05) is 5.32 Å². The third-order valence-corrected chi connectivity index (χ3v) is 3.67. The van der Waals surface area contributed by atoms with Crippen molar-refractivity contribution in [3.63, 3.8) is 0 Å². The van der Waals surface area contributed by atoms with Crippen LogP contribution in [0.1, 0.15) is 26.2 Å². The highest BCUT2D eigenvalue weighted by Crippen LogP contribution is 2.20. The summed E-state index contributed by atoms with van der Waals surface area (Å²) in [7, 11) is 0. The predicted octanol–water partition coefficient (Wildman–Crippen LogP) is 0.789. The molecule has 2 aromatic rings. The Morgan fingerprint density at radius 3 is 2.81 bits per heavy atom. The number of carboxylic acids is 1. The number of imidazole rings is 1. The molecule has 0 aliphatic rings. The minimum atomic E-state index is -1.35. The Kier molecular flexibility index (Phi) is 6.19. The predicted molar refractivity (Wildman–Crippen MR) is 89.4 cm³/mol. The molecular formula is C16H18FN5O4. The van der Waals surface area contributed by atoms with Crippen LogP contribution in [0, 0.1) is 24.3 Å². The van der Waals surface area contributed by atoms with Crippen LogP contribution in [0.4, 0.5) is 10.2 Å². The molecule has 138 valence electrons. The van der Waals surface area contributed by atoms with Crippen LogP contribution in [0.15, 0.2) is 6.33 Å². The first-order valence-corrected chi connectivity index (χ1v) is 7.92. The summed E-state index contributed by atoms with van der Waals surface area (Å²) in [6.45, 7) is 1.93. The normalized spacial score (nSPS) is 13.2. The number of carbonyl (C=O) groups excluding carboxylic acids is 1. The largest absolute Gasteiger partial charge is 0.480 e. The van der Waals surface area contributed by atoms with Gasteiger partial charge in [0.15, 0.2) is 17.0 Å². The zero-order valence-corrected chi connectivity index (χ0v) is 14.0. The topological polar surface area (TPSA) is 130 Å². The average molecular weight is 363 g/mol. The van der Waals surface area contributed by atoms with E-state index in [1.165, 1.54) is 10.9 Å². The Bertz CT molecular complexity index is 860. The van der Waals surface area contributed by atoms with Gasteiger partial charge in [-0.25, -0.2) is 4.98 Å².